The number of nitrogens with zero attached hydrogens (tertiary/aromatic N) is 3. The molecule has 0 saturated carbocycles. The highest BCUT2D eigenvalue weighted by Gasteiger charge is 2.20. The fourth-order valence-electron chi connectivity index (χ4n) is 2.50. The van der Waals surface area contributed by atoms with E-state index in [9.17, 15) is 0 Å². The lowest BCUT2D eigenvalue weighted by molar-refractivity contribution is 0.0893. The summed E-state index contributed by atoms with van der Waals surface area (Å²) in [5.41, 5.74) is 8.55. The summed E-state index contributed by atoms with van der Waals surface area (Å²) >= 11 is 0. The summed E-state index contributed by atoms with van der Waals surface area (Å²) in [7, 11) is 0. The van der Waals surface area contributed by atoms with E-state index in [1.807, 2.05) is 29.0 Å². The van der Waals surface area contributed by atoms with Gasteiger partial charge in [-0.1, -0.05) is 18.2 Å². The number of nitrogens with two attached hydrogens (primary N) is 1. The van der Waals surface area contributed by atoms with Crippen molar-refractivity contribution in [2.75, 3.05) is 12.3 Å². The van der Waals surface area contributed by atoms with Gasteiger partial charge in [0.15, 0.2) is 5.82 Å². The second-order valence-electron chi connectivity index (χ2n) is 4.47. The number of para-hydroxylation sites is 1. The molecule has 1 aromatic carbocycles. The van der Waals surface area contributed by atoms with E-state index < -0.39 is 0 Å². The van der Waals surface area contributed by atoms with Gasteiger partial charge in [0.25, 0.3) is 0 Å². The van der Waals surface area contributed by atoms with Crippen LogP contribution < -0.4 is 10.6 Å². The zero-order valence-corrected chi connectivity index (χ0v) is 9.76. The van der Waals surface area contributed by atoms with Gasteiger partial charge in [-0.05, 0) is 12.5 Å². The highest BCUT2D eigenvalue weighted by atomic mass is 16.7. The van der Waals surface area contributed by atoms with E-state index in [-0.39, 0.29) is 0 Å². The van der Waals surface area contributed by atoms with Crippen LogP contribution in [0.5, 0.6) is 0 Å². The van der Waals surface area contributed by atoms with Crippen LogP contribution in [0.3, 0.4) is 0 Å². The Hall–Kier alpha value is -2.30. The van der Waals surface area contributed by atoms with E-state index in [2.05, 4.69) is 9.97 Å². The molecule has 5 nitrogen and oxygen atoms in total. The van der Waals surface area contributed by atoms with E-state index in [4.69, 9.17) is 10.6 Å². The molecule has 0 aliphatic carbocycles. The molecule has 4 rings (SSSR count). The lowest BCUT2D eigenvalue weighted by Crippen LogP contribution is -2.21. The zero-order valence-electron chi connectivity index (χ0n) is 9.76. The predicted molar refractivity (Wildman–Crippen MR) is 69.2 cm³/mol. The molecule has 0 unspecified atom stereocenters. The maximum absolute atomic E-state index is 5.99. The van der Waals surface area contributed by atoms with Gasteiger partial charge in [0.2, 0.25) is 0 Å². The Balaban J connectivity index is 2.24. The largest absolute Gasteiger partial charge is 0.412 e. The normalized spacial score (nSPS) is 14.7. The molecule has 0 amide bonds. The maximum Gasteiger partial charge on any atom is 0.152 e. The molecule has 3 heterocycles. The first-order chi connectivity index (χ1) is 8.84. The fraction of sp³-hybridized carbons (Fsp3) is 0.231. The van der Waals surface area contributed by atoms with Crippen molar-refractivity contribution in [3.8, 4) is 0 Å². The van der Waals surface area contributed by atoms with Crippen LogP contribution in [-0.4, -0.2) is 21.3 Å². The van der Waals surface area contributed by atoms with E-state index in [1.54, 1.807) is 0 Å². The number of aryl methyl sites for hydroxylation is 1. The molecule has 0 radical (unpaired) electrons. The number of imidazole rings is 1. The average molecular weight is 240 g/mol. The standard InChI is InChI=1S/C13H12N4O/c14-13-11-12(8-4-1-2-5-9(8)15-13)17-10(16-11)6-3-7-18-17/h1-2,4-5H,3,6-7H2,(H2,14,15). The summed E-state index contributed by atoms with van der Waals surface area (Å²) in [6, 6.07) is 7.92. The Labute approximate surface area is 103 Å². The SMILES string of the molecule is Nc1nc2ccccc2c2c1nc1n2OCCC1. The number of aromatic nitrogens is 3. The van der Waals surface area contributed by atoms with Gasteiger partial charge in [-0.15, -0.1) is 0 Å². The zero-order chi connectivity index (χ0) is 12.1. The van der Waals surface area contributed by atoms with Crippen LogP contribution in [0.15, 0.2) is 24.3 Å². The second-order valence-corrected chi connectivity index (χ2v) is 4.47. The first-order valence-electron chi connectivity index (χ1n) is 6.03. The lowest BCUT2D eigenvalue weighted by Gasteiger charge is -2.15. The van der Waals surface area contributed by atoms with E-state index in [0.717, 1.165) is 47.2 Å². The van der Waals surface area contributed by atoms with Crippen molar-refractivity contribution >= 4 is 27.8 Å². The van der Waals surface area contributed by atoms with E-state index in [1.165, 1.54) is 0 Å². The van der Waals surface area contributed by atoms with Gasteiger partial charge in [0.05, 0.1) is 5.52 Å². The first-order valence-corrected chi connectivity index (χ1v) is 6.03. The minimum atomic E-state index is 0.467. The minimum absolute atomic E-state index is 0.467. The first kappa shape index (κ1) is 9.70. The van der Waals surface area contributed by atoms with E-state index >= 15 is 0 Å². The molecular weight excluding hydrogens is 228 g/mol. The average Bonchev–Trinajstić information content (AvgIpc) is 2.79. The molecule has 0 bridgehead atoms. The number of hydrogen-bond acceptors (Lipinski definition) is 4. The third-order valence-electron chi connectivity index (χ3n) is 3.31. The maximum atomic E-state index is 5.99. The Bertz CT molecular complexity index is 762. The number of fused-ring (bicyclic) bond motifs is 5. The lowest BCUT2D eigenvalue weighted by atomic mass is 10.2. The monoisotopic (exact) mass is 240 g/mol. The van der Waals surface area contributed by atoms with E-state index in [0.29, 0.717) is 5.82 Å². The molecule has 0 saturated heterocycles. The van der Waals surface area contributed by atoms with Crippen LogP contribution in [0, 0.1) is 0 Å². The number of pyridine rings is 1. The highest BCUT2D eigenvalue weighted by molar-refractivity contribution is 6.06. The molecule has 2 N–H and O–H groups in total. The fourth-order valence-corrected chi connectivity index (χ4v) is 2.50. The van der Waals surface area contributed by atoms with Crippen LogP contribution in [0.2, 0.25) is 0 Å². The molecule has 1 aliphatic heterocycles. The number of benzene rings is 1. The molecule has 1 aliphatic rings. The Kier molecular flexibility index (Phi) is 1.81. The van der Waals surface area contributed by atoms with Crippen LogP contribution >= 0.6 is 0 Å². The van der Waals surface area contributed by atoms with Crippen molar-refractivity contribution in [2.45, 2.75) is 12.8 Å². The second kappa shape index (κ2) is 3.35. The Morgan fingerprint density at radius 2 is 2.11 bits per heavy atom. The summed E-state index contributed by atoms with van der Waals surface area (Å²) in [5.74, 6) is 1.40. The van der Waals surface area contributed by atoms with Gasteiger partial charge in [-0.25, -0.2) is 9.97 Å². The minimum Gasteiger partial charge on any atom is -0.412 e. The van der Waals surface area contributed by atoms with Crippen LogP contribution in [0.25, 0.3) is 21.9 Å². The summed E-state index contributed by atoms with van der Waals surface area (Å²) in [6.07, 6.45) is 1.91. The molecule has 18 heavy (non-hydrogen) atoms. The summed E-state index contributed by atoms with van der Waals surface area (Å²) in [5, 5.41) is 1.03. The van der Waals surface area contributed by atoms with Crippen molar-refractivity contribution in [2.24, 2.45) is 0 Å². The van der Waals surface area contributed by atoms with Crippen molar-refractivity contribution in [3.05, 3.63) is 30.1 Å². The number of anilines is 1. The van der Waals surface area contributed by atoms with Crippen LogP contribution in [-0.2, 0) is 6.42 Å². The number of rotatable bonds is 0. The summed E-state index contributed by atoms with van der Waals surface area (Å²) < 4.78 is 1.82. The molecule has 0 spiro atoms. The number of hydrogen-bond donors (Lipinski definition) is 1. The van der Waals surface area contributed by atoms with Gasteiger partial charge < -0.3 is 10.6 Å². The van der Waals surface area contributed by atoms with Crippen molar-refractivity contribution in [1.82, 2.24) is 14.7 Å². The Morgan fingerprint density at radius 1 is 1.22 bits per heavy atom. The topological polar surface area (TPSA) is 66.0 Å². The summed E-state index contributed by atoms with van der Waals surface area (Å²) in [4.78, 5) is 14.7. The van der Waals surface area contributed by atoms with Crippen LogP contribution in [0.1, 0.15) is 12.2 Å². The molecule has 0 fully saturated rings. The molecule has 3 aromatic rings. The smallest absolute Gasteiger partial charge is 0.152 e. The Morgan fingerprint density at radius 3 is 3.06 bits per heavy atom. The molecule has 90 valence electrons. The van der Waals surface area contributed by atoms with Gasteiger partial charge in [-0.2, -0.15) is 4.73 Å². The van der Waals surface area contributed by atoms with Crippen LogP contribution in [0.4, 0.5) is 5.82 Å². The van der Waals surface area contributed by atoms with Gasteiger partial charge in [-0.3, -0.25) is 0 Å². The quantitative estimate of drug-likeness (QED) is 0.647. The number of nitrogen functional groups attached to an aromatic ring is 1. The molecule has 5 heteroatoms. The van der Waals surface area contributed by atoms with Gasteiger partial charge >= 0.3 is 0 Å². The third kappa shape index (κ3) is 1.16. The van der Waals surface area contributed by atoms with Crippen molar-refractivity contribution < 1.29 is 4.84 Å². The highest BCUT2D eigenvalue weighted by Crippen LogP contribution is 2.29. The summed E-state index contributed by atoms with van der Waals surface area (Å²) in [6.45, 7) is 0.717. The van der Waals surface area contributed by atoms with Gasteiger partial charge in [0, 0.05) is 11.8 Å². The van der Waals surface area contributed by atoms with Gasteiger partial charge in [0.1, 0.15) is 23.5 Å². The molecular formula is C13H12N4O. The molecule has 2 aromatic heterocycles. The molecule has 0 atom stereocenters. The van der Waals surface area contributed by atoms with Crippen molar-refractivity contribution in [1.29, 1.82) is 0 Å². The predicted octanol–water partition coefficient (Wildman–Crippen LogP) is 1.54. The third-order valence-corrected chi connectivity index (χ3v) is 3.31. The van der Waals surface area contributed by atoms with Crippen molar-refractivity contribution in [3.63, 3.8) is 0 Å².